The van der Waals surface area contributed by atoms with Crippen molar-refractivity contribution in [1.29, 1.82) is 0 Å². The molecule has 48 heavy (non-hydrogen) atoms. The number of carbonyl (C=O) groups is 4. The van der Waals surface area contributed by atoms with E-state index in [-0.39, 0.29) is 43.3 Å². The fourth-order valence-electron chi connectivity index (χ4n) is 5.50. The molecule has 0 radical (unpaired) electrons. The Morgan fingerprint density at radius 2 is 1.90 bits per heavy atom. The number of halogens is 1. The smallest absolute Gasteiger partial charge is 0.672 e. The highest BCUT2D eigenvalue weighted by atomic mass is 31.1. The van der Waals surface area contributed by atoms with Crippen LogP contribution < -0.4 is 26.5 Å². The molecule has 2 aromatic rings. The molecule has 16 heteroatoms. The lowest BCUT2D eigenvalue weighted by atomic mass is 10.0. The molecule has 0 saturated heterocycles. The standard InChI is InChI=1S/C32H43FN5O9P/c1-20-24(21(2)36-29(20)16-26-25-15-23(33)9-11-27(25)38-31(26)42)10-12-30(41)37-28(8-4-5-13-34-19-40)32(43)35-14-6-3-7-22(17-39)18-46-48(45)47-44/h9,11,15-16,19,22,28,36,39H,3-8,10,12-14,17-18H2,1-2H3,(H4-,34,35,37,38,40,41,42,43,44)/b26-16-/t22?,28-/m1/s1. The largest absolute Gasteiger partial charge is 0.688 e. The lowest BCUT2D eigenvalue weighted by Crippen LogP contribution is -2.47. The summed E-state index contributed by atoms with van der Waals surface area (Å²) >= 11 is 0. The molecule has 2 heterocycles. The molecule has 3 atom stereocenters. The molecule has 2 unspecified atom stereocenters. The Kier molecular flexibility index (Phi) is 15.8. The van der Waals surface area contributed by atoms with E-state index in [1.165, 1.54) is 18.2 Å². The molecule has 1 aliphatic rings. The Labute approximate surface area is 279 Å². The van der Waals surface area contributed by atoms with Gasteiger partial charge in [-0.3, -0.25) is 19.2 Å². The molecule has 4 amide bonds. The van der Waals surface area contributed by atoms with Crippen LogP contribution in [0.3, 0.4) is 0 Å². The number of aromatic nitrogens is 1. The second-order valence-corrected chi connectivity index (χ2v) is 12.4. The molecule has 0 bridgehead atoms. The topological polar surface area (TPSA) is 211 Å². The summed E-state index contributed by atoms with van der Waals surface area (Å²) in [7, 11) is -2.76. The molecule has 0 fully saturated rings. The normalized spacial score (nSPS) is 14.6. The van der Waals surface area contributed by atoms with Crippen LogP contribution in [-0.2, 0) is 39.4 Å². The number of unbranched alkanes of at least 4 members (excludes halogenated alkanes) is 2. The minimum atomic E-state index is -2.76. The molecule has 1 aromatic carbocycles. The number of aliphatic hydroxyl groups is 1. The van der Waals surface area contributed by atoms with Crippen LogP contribution in [-0.4, -0.2) is 66.6 Å². The van der Waals surface area contributed by atoms with E-state index in [1.807, 2.05) is 13.8 Å². The minimum absolute atomic E-state index is 0.0961. The van der Waals surface area contributed by atoms with Gasteiger partial charge in [0.25, 0.3) is 5.91 Å². The van der Waals surface area contributed by atoms with Gasteiger partial charge in [-0.25, -0.2) is 4.39 Å². The number of aryl methyl sites for hydroxylation is 1. The lowest BCUT2D eigenvalue weighted by Gasteiger charge is -2.19. The van der Waals surface area contributed by atoms with Crippen molar-refractivity contribution < 1.29 is 47.7 Å². The van der Waals surface area contributed by atoms with Gasteiger partial charge >= 0.3 is 8.25 Å². The van der Waals surface area contributed by atoms with Crippen LogP contribution in [0, 0.1) is 25.6 Å². The van der Waals surface area contributed by atoms with E-state index in [0.717, 1.165) is 16.8 Å². The maximum atomic E-state index is 13.9. The van der Waals surface area contributed by atoms with Gasteiger partial charge in [0.1, 0.15) is 18.5 Å². The molecule has 262 valence electrons. The highest BCUT2D eigenvalue weighted by Crippen LogP contribution is 2.34. The van der Waals surface area contributed by atoms with Gasteiger partial charge in [-0.1, -0.05) is 6.42 Å². The number of carbonyl (C=O) groups excluding carboxylic acids is 4. The molecule has 1 aromatic heterocycles. The summed E-state index contributed by atoms with van der Waals surface area (Å²) in [6.07, 6.45) is 6.03. The Hall–Kier alpha value is -4.01. The summed E-state index contributed by atoms with van der Waals surface area (Å²) in [4.78, 5) is 52.5. The average Bonchev–Trinajstić information content (AvgIpc) is 3.52. The number of rotatable bonds is 22. The number of hydrogen-bond donors (Lipinski definition) is 6. The van der Waals surface area contributed by atoms with Gasteiger partial charge < -0.3 is 36.6 Å². The quantitative estimate of drug-likeness (QED) is 0.0267. The number of fused-ring (bicyclic) bond motifs is 1. The summed E-state index contributed by atoms with van der Waals surface area (Å²) in [5.74, 6) is -1.78. The van der Waals surface area contributed by atoms with E-state index in [4.69, 9.17) is 4.52 Å². The second-order valence-electron chi connectivity index (χ2n) is 11.6. The first-order chi connectivity index (χ1) is 23.1. The van der Waals surface area contributed by atoms with Crippen molar-refractivity contribution in [3.63, 3.8) is 0 Å². The molecular weight excluding hydrogens is 648 g/mol. The third-order valence-electron chi connectivity index (χ3n) is 8.16. The predicted octanol–water partition coefficient (Wildman–Crippen LogP) is 2.46. The van der Waals surface area contributed by atoms with Gasteiger partial charge in [-0.05, 0) is 87.8 Å². The van der Waals surface area contributed by atoms with E-state index >= 15 is 0 Å². The van der Waals surface area contributed by atoms with E-state index in [1.54, 1.807) is 6.08 Å². The van der Waals surface area contributed by atoms with Crippen LogP contribution in [0.25, 0.3) is 11.6 Å². The van der Waals surface area contributed by atoms with Crippen LogP contribution in [0.1, 0.15) is 73.0 Å². The summed E-state index contributed by atoms with van der Waals surface area (Å²) < 4.78 is 32.9. The maximum absolute atomic E-state index is 13.9. The number of benzene rings is 1. The van der Waals surface area contributed by atoms with Gasteiger partial charge in [0.15, 0.2) is 0 Å². The molecular formula is C32H43FN5O9P. The SMILES string of the molecule is Cc1[nH]c(/C=C2\C(=O)Nc3ccc(F)cc32)c(C)c1CCC(=O)N[C@H](CCCCNC=O)C(=O)NCCCCC(CO)CO[P+](=O)O[O-]. The van der Waals surface area contributed by atoms with Crippen molar-refractivity contribution in [2.75, 3.05) is 31.6 Å². The zero-order valence-corrected chi connectivity index (χ0v) is 28.0. The van der Waals surface area contributed by atoms with Crippen LogP contribution in [0.5, 0.6) is 0 Å². The highest BCUT2D eigenvalue weighted by molar-refractivity contribution is 7.33. The van der Waals surface area contributed by atoms with Crippen LogP contribution in [0.2, 0.25) is 0 Å². The van der Waals surface area contributed by atoms with E-state index in [9.17, 15) is 38.5 Å². The predicted molar refractivity (Wildman–Crippen MR) is 173 cm³/mol. The molecule has 0 aliphatic carbocycles. The van der Waals surface area contributed by atoms with Crippen molar-refractivity contribution >= 4 is 49.7 Å². The van der Waals surface area contributed by atoms with Crippen molar-refractivity contribution in [2.24, 2.45) is 5.92 Å². The number of anilines is 1. The molecule has 3 rings (SSSR count). The molecule has 14 nitrogen and oxygen atoms in total. The average molecular weight is 692 g/mol. The van der Waals surface area contributed by atoms with Crippen molar-refractivity contribution in [2.45, 2.75) is 71.3 Å². The van der Waals surface area contributed by atoms with E-state index in [0.29, 0.717) is 87.0 Å². The first kappa shape index (κ1) is 38.4. The monoisotopic (exact) mass is 691 g/mol. The summed E-state index contributed by atoms with van der Waals surface area (Å²) in [5.41, 5.74) is 4.60. The second kappa shape index (κ2) is 19.7. The summed E-state index contributed by atoms with van der Waals surface area (Å²) in [6, 6.07) is 3.33. The Morgan fingerprint density at radius 1 is 1.15 bits per heavy atom. The Bertz CT molecular complexity index is 1480. The molecule has 0 spiro atoms. The van der Waals surface area contributed by atoms with Gasteiger partial charge in [-0.2, -0.15) is 4.67 Å². The van der Waals surface area contributed by atoms with E-state index in [2.05, 4.69) is 30.9 Å². The van der Waals surface area contributed by atoms with Crippen molar-refractivity contribution in [3.8, 4) is 0 Å². The van der Waals surface area contributed by atoms with Crippen LogP contribution in [0.15, 0.2) is 18.2 Å². The zero-order chi connectivity index (χ0) is 35.1. The van der Waals surface area contributed by atoms with Crippen LogP contribution >= 0.6 is 8.25 Å². The van der Waals surface area contributed by atoms with Gasteiger partial charge in [0.05, 0.1) is 5.57 Å². The fourth-order valence-corrected chi connectivity index (χ4v) is 5.87. The lowest BCUT2D eigenvalue weighted by molar-refractivity contribution is -0.638. The maximum Gasteiger partial charge on any atom is 0.688 e. The van der Waals surface area contributed by atoms with Crippen LogP contribution in [0.4, 0.5) is 10.1 Å². The number of nitrogens with one attached hydrogen (secondary N) is 5. The van der Waals surface area contributed by atoms with Gasteiger partial charge in [-0.15, -0.1) is 4.52 Å². The first-order valence-corrected chi connectivity index (χ1v) is 16.9. The zero-order valence-electron chi connectivity index (χ0n) is 27.1. The highest BCUT2D eigenvalue weighted by Gasteiger charge is 2.26. The fraction of sp³-hybridized carbons (Fsp3) is 0.500. The molecule has 0 saturated carbocycles. The summed E-state index contributed by atoms with van der Waals surface area (Å²) in [6.45, 7) is 4.19. The Balaban J connectivity index is 1.56. The summed E-state index contributed by atoms with van der Waals surface area (Å²) in [5, 5.41) is 30.5. The van der Waals surface area contributed by atoms with E-state index < -0.39 is 20.1 Å². The molecule has 6 N–H and O–H groups in total. The third kappa shape index (κ3) is 11.6. The Morgan fingerprint density at radius 3 is 2.62 bits per heavy atom. The number of H-pyrrole nitrogens is 1. The van der Waals surface area contributed by atoms with Crippen molar-refractivity contribution in [3.05, 3.63) is 52.1 Å². The number of amides is 4. The number of hydrogen-bond acceptors (Lipinski definition) is 9. The van der Waals surface area contributed by atoms with Gasteiger partial charge in [0.2, 0.25) is 18.2 Å². The number of aromatic amines is 1. The molecule has 1 aliphatic heterocycles. The van der Waals surface area contributed by atoms with Gasteiger partial charge in [0, 0.05) is 59.2 Å². The first-order valence-electron chi connectivity index (χ1n) is 15.8. The third-order valence-corrected chi connectivity index (χ3v) is 8.64. The number of aliphatic hydroxyl groups excluding tert-OH is 1. The minimum Gasteiger partial charge on any atom is -0.672 e. The van der Waals surface area contributed by atoms with Crippen molar-refractivity contribution in [1.82, 2.24) is 20.9 Å².